The minimum absolute atomic E-state index is 0.109. The average Bonchev–Trinajstić information content (AvgIpc) is 2.93. The molecule has 1 atom stereocenters. The van der Waals surface area contributed by atoms with Crippen LogP contribution in [0.4, 0.5) is 0 Å². The molecule has 0 radical (unpaired) electrons. The summed E-state index contributed by atoms with van der Waals surface area (Å²) in [4.78, 5) is 12.6. The zero-order chi connectivity index (χ0) is 19.8. The lowest BCUT2D eigenvalue weighted by Crippen LogP contribution is -2.39. The van der Waals surface area contributed by atoms with E-state index in [2.05, 4.69) is 51.4 Å². The summed E-state index contributed by atoms with van der Waals surface area (Å²) in [6.45, 7) is 13.4. The van der Waals surface area contributed by atoms with Crippen molar-refractivity contribution in [1.29, 1.82) is 0 Å². The SMILES string of the molecule is C[Si](C)(C)C1=C(Oc2ccc(-c3ccccc3)cc2)OC(=O)C1[Si](C)(C)C. The predicted octanol–water partition coefficient (Wildman–Crippen LogP) is 6.09. The summed E-state index contributed by atoms with van der Waals surface area (Å²) >= 11 is 0. The van der Waals surface area contributed by atoms with E-state index >= 15 is 0 Å². The summed E-state index contributed by atoms with van der Waals surface area (Å²) in [5.74, 6) is 0.992. The molecule has 5 heteroatoms. The number of esters is 1. The van der Waals surface area contributed by atoms with E-state index in [1.54, 1.807) is 0 Å². The minimum atomic E-state index is -1.78. The van der Waals surface area contributed by atoms with Crippen LogP contribution in [-0.2, 0) is 9.53 Å². The van der Waals surface area contributed by atoms with E-state index in [1.807, 2.05) is 42.5 Å². The van der Waals surface area contributed by atoms with Gasteiger partial charge in [-0.1, -0.05) is 81.7 Å². The number of rotatable bonds is 5. The minimum Gasteiger partial charge on any atom is -0.426 e. The molecule has 3 rings (SSSR count). The first kappa shape index (κ1) is 19.6. The molecule has 1 heterocycles. The topological polar surface area (TPSA) is 35.5 Å². The molecule has 0 spiro atoms. The highest BCUT2D eigenvalue weighted by Gasteiger charge is 2.49. The van der Waals surface area contributed by atoms with Gasteiger partial charge in [-0.3, -0.25) is 4.79 Å². The lowest BCUT2D eigenvalue weighted by molar-refractivity contribution is -0.139. The van der Waals surface area contributed by atoms with Crippen LogP contribution < -0.4 is 4.74 Å². The molecule has 0 amide bonds. The molecule has 3 nitrogen and oxygen atoms in total. The van der Waals surface area contributed by atoms with Crippen molar-refractivity contribution >= 4 is 22.1 Å². The van der Waals surface area contributed by atoms with Gasteiger partial charge in [0.1, 0.15) is 5.75 Å². The van der Waals surface area contributed by atoms with Crippen LogP contribution in [-0.4, -0.2) is 22.1 Å². The normalized spacial score (nSPS) is 17.9. The van der Waals surface area contributed by atoms with Gasteiger partial charge in [-0.25, -0.2) is 0 Å². The van der Waals surface area contributed by atoms with Crippen LogP contribution in [0, 0.1) is 0 Å². The number of hydrogen-bond donors (Lipinski definition) is 0. The maximum Gasteiger partial charge on any atom is 0.317 e. The molecule has 0 fully saturated rings. The van der Waals surface area contributed by atoms with Crippen LogP contribution in [0.2, 0.25) is 44.8 Å². The van der Waals surface area contributed by atoms with Gasteiger partial charge in [0.15, 0.2) is 0 Å². The van der Waals surface area contributed by atoms with Gasteiger partial charge >= 0.3 is 5.97 Å². The molecular weight excluding hydrogens is 368 g/mol. The van der Waals surface area contributed by atoms with Crippen molar-refractivity contribution in [2.24, 2.45) is 0 Å². The Labute approximate surface area is 164 Å². The van der Waals surface area contributed by atoms with Gasteiger partial charge < -0.3 is 9.47 Å². The summed E-state index contributed by atoms with van der Waals surface area (Å²) < 4.78 is 11.7. The molecule has 0 saturated heterocycles. The van der Waals surface area contributed by atoms with Crippen LogP contribution >= 0.6 is 0 Å². The molecule has 2 aromatic rings. The van der Waals surface area contributed by atoms with Gasteiger partial charge in [0.2, 0.25) is 0 Å². The maximum absolute atomic E-state index is 12.6. The van der Waals surface area contributed by atoms with Crippen molar-refractivity contribution in [1.82, 2.24) is 0 Å². The standard InChI is InChI=1S/C22H28O3Si2/c1-26(2,3)19-20(27(4,5)6)22(25-21(19)23)24-18-14-12-17(13-15-18)16-10-8-7-9-11-16/h7-15,19H,1-6H3. The van der Waals surface area contributed by atoms with Gasteiger partial charge in [0, 0.05) is 5.20 Å². The molecule has 142 valence electrons. The third-order valence-corrected chi connectivity index (χ3v) is 9.44. The quantitative estimate of drug-likeness (QED) is 0.453. The summed E-state index contributed by atoms with van der Waals surface area (Å²) in [5, 5.41) is 1.12. The maximum atomic E-state index is 12.6. The van der Waals surface area contributed by atoms with Crippen molar-refractivity contribution < 1.29 is 14.3 Å². The number of hydrogen-bond acceptors (Lipinski definition) is 3. The highest BCUT2D eigenvalue weighted by atomic mass is 28.3. The summed E-state index contributed by atoms with van der Waals surface area (Å²) in [6, 6.07) is 18.2. The summed E-state index contributed by atoms with van der Waals surface area (Å²) in [6.07, 6.45) is 0. The molecule has 2 aromatic carbocycles. The van der Waals surface area contributed by atoms with Crippen molar-refractivity contribution in [3.63, 3.8) is 0 Å². The third kappa shape index (κ3) is 4.25. The highest BCUT2D eigenvalue weighted by Crippen LogP contribution is 2.44. The zero-order valence-electron chi connectivity index (χ0n) is 17.0. The van der Waals surface area contributed by atoms with Gasteiger partial charge in [-0.05, 0) is 23.3 Å². The van der Waals surface area contributed by atoms with E-state index < -0.39 is 16.1 Å². The van der Waals surface area contributed by atoms with E-state index in [1.165, 1.54) is 0 Å². The lowest BCUT2D eigenvalue weighted by atomic mass is 10.1. The van der Waals surface area contributed by atoms with Crippen molar-refractivity contribution in [2.75, 3.05) is 0 Å². The fourth-order valence-electron chi connectivity index (χ4n) is 3.50. The highest BCUT2D eigenvalue weighted by molar-refractivity contribution is 6.90. The Morgan fingerprint density at radius 1 is 0.815 bits per heavy atom. The number of cyclic esters (lactones) is 1. The van der Waals surface area contributed by atoms with E-state index in [0.29, 0.717) is 11.7 Å². The fourth-order valence-corrected chi connectivity index (χ4v) is 9.54. The van der Waals surface area contributed by atoms with Gasteiger partial charge in [-0.15, -0.1) is 0 Å². The first-order valence-electron chi connectivity index (χ1n) is 9.37. The Morgan fingerprint density at radius 3 is 1.89 bits per heavy atom. The van der Waals surface area contributed by atoms with Crippen LogP contribution in [0.5, 0.6) is 5.75 Å². The molecule has 0 bridgehead atoms. The second kappa shape index (κ2) is 7.13. The number of ether oxygens (including phenoxy) is 2. The molecule has 1 aliphatic rings. The lowest BCUT2D eigenvalue weighted by Gasteiger charge is -2.29. The van der Waals surface area contributed by atoms with Gasteiger partial charge in [0.25, 0.3) is 5.95 Å². The third-order valence-electron chi connectivity index (χ3n) is 4.78. The number of carbonyl (C=O) groups excluding carboxylic acids is 1. The molecular formula is C22H28O3Si2. The molecule has 27 heavy (non-hydrogen) atoms. The van der Waals surface area contributed by atoms with E-state index in [9.17, 15) is 4.79 Å². The Bertz CT molecular complexity index is 857. The Hall–Kier alpha value is -2.12. The second-order valence-electron chi connectivity index (χ2n) is 9.16. The summed E-state index contributed by atoms with van der Waals surface area (Å²) in [5.41, 5.74) is 2.19. The van der Waals surface area contributed by atoms with Gasteiger partial charge in [0.05, 0.1) is 21.7 Å². The van der Waals surface area contributed by atoms with Crippen molar-refractivity contribution in [3.05, 3.63) is 65.7 Å². The molecule has 0 saturated carbocycles. The fraction of sp³-hybridized carbons (Fsp3) is 0.318. The van der Waals surface area contributed by atoms with Crippen LogP contribution in [0.1, 0.15) is 0 Å². The summed E-state index contributed by atoms with van der Waals surface area (Å²) in [7, 11) is -3.53. The second-order valence-corrected chi connectivity index (χ2v) is 19.5. The first-order chi connectivity index (χ1) is 12.6. The van der Waals surface area contributed by atoms with Crippen LogP contribution in [0.15, 0.2) is 65.7 Å². The first-order valence-corrected chi connectivity index (χ1v) is 16.4. The van der Waals surface area contributed by atoms with Crippen LogP contribution in [0.3, 0.4) is 0 Å². The van der Waals surface area contributed by atoms with Crippen molar-refractivity contribution in [2.45, 2.75) is 44.8 Å². The van der Waals surface area contributed by atoms with E-state index in [0.717, 1.165) is 16.3 Å². The number of carbonyl (C=O) groups is 1. The molecule has 1 aliphatic heterocycles. The van der Waals surface area contributed by atoms with Crippen molar-refractivity contribution in [3.8, 4) is 16.9 Å². The molecule has 1 unspecified atom stereocenters. The molecule has 0 N–H and O–H groups in total. The van der Waals surface area contributed by atoms with E-state index in [-0.39, 0.29) is 11.5 Å². The Balaban J connectivity index is 1.92. The zero-order valence-corrected chi connectivity index (χ0v) is 19.0. The smallest absolute Gasteiger partial charge is 0.317 e. The Morgan fingerprint density at radius 2 is 1.37 bits per heavy atom. The largest absolute Gasteiger partial charge is 0.426 e. The number of benzene rings is 2. The van der Waals surface area contributed by atoms with Gasteiger partial charge in [-0.2, -0.15) is 0 Å². The molecule has 0 aliphatic carbocycles. The monoisotopic (exact) mass is 396 g/mol. The average molecular weight is 397 g/mol. The molecule has 0 aromatic heterocycles. The predicted molar refractivity (Wildman–Crippen MR) is 116 cm³/mol. The van der Waals surface area contributed by atoms with E-state index in [4.69, 9.17) is 9.47 Å². The Kier molecular flexibility index (Phi) is 5.19. The van der Waals surface area contributed by atoms with Crippen LogP contribution in [0.25, 0.3) is 11.1 Å².